The number of carbonyl (C=O) groups excluding carboxylic acids is 1. The Labute approximate surface area is 200 Å². The number of carbonyl (C=O) groups is 2. The smallest absolute Gasteiger partial charge is 0.318 e. The number of aliphatic carboxylic acids is 1. The van der Waals surface area contributed by atoms with E-state index < -0.39 is 11.4 Å². The highest BCUT2D eigenvalue weighted by atomic mass is 16.4. The molecular formula is C29H30N2O3. The lowest BCUT2D eigenvalue weighted by Gasteiger charge is -2.36. The zero-order chi connectivity index (χ0) is 23.5. The minimum Gasteiger partial charge on any atom is -0.480 e. The molecule has 5 nitrogen and oxygen atoms in total. The molecule has 1 saturated heterocycles. The normalized spacial score (nSPS) is 18.8. The first-order valence-electron chi connectivity index (χ1n) is 12.1. The van der Waals surface area contributed by atoms with Crippen LogP contribution in [-0.2, 0) is 21.4 Å². The monoisotopic (exact) mass is 454 g/mol. The third-order valence-corrected chi connectivity index (χ3v) is 7.37. The quantitative estimate of drug-likeness (QED) is 0.540. The van der Waals surface area contributed by atoms with Gasteiger partial charge in [0.1, 0.15) is 5.41 Å². The molecule has 0 spiro atoms. The van der Waals surface area contributed by atoms with Crippen LogP contribution in [0.15, 0.2) is 78.9 Å². The molecule has 1 fully saturated rings. The summed E-state index contributed by atoms with van der Waals surface area (Å²) in [5.41, 5.74) is 3.76. The molecule has 5 heteroatoms. The molecule has 0 amide bonds. The van der Waals surface area contributed by atoms with Crippen molar-refractivity contribution in [2.24, 2.45) is 0 Å². The summed E-state index contributed by atoms with van der Waals surface area (Å²) in [6.45, 7) is 2.97. The molecule has 1 atom stereocenters. The molecule has 34 heavy (non-hydrogen) atoms. The van der Waals surface area contributed by atoms with Gasteiger partial charge in [0.25, 0.3) is 0 Å². The van der Waals surface area contributed by atoms with Gasteiger partial charge in [0.2, 0.25) is 0 Å². The molecule has 0 saturated carbocycles. The number of ketones is 1. The second-order valence-corrected chi connectivity index (χ2v) is 9.29. The van der Waals surface area contributed by atoms with E-state index in [4.69, 9.17) is 0 Å². The van der Waals surface area contributed by atoms with Crippen LogP contribution in [0.2, 0.25) is 0 Å². The van der Waals surface area contributed by atoms with Crippen LogP contribution in [0.25, 0.3) is 11.1 Å². The lowest BCUT2D eigenvalue weighted by atomic mass is 9.74. The van der Waals surface area contributed by atoms with Crippen molar-refractivity contribution in [2.45, 2.75) is 30.7 Å². The van der Waals surface area contributed by atoms with Crippen molar-refractivity contribution in [1.29, 1.82) is 0 Å². The van der Waals surface area contributed by atoms with Gasteiger partial charge in [-0.05, 0) is 47.2 Å². The number of Topliss-reactive ketones (excluding diaryl/α,β-unsaturated/α-hetero) is 1. The van der Waals surface area contributed by atoms with E-state index in [1.807, 2.05) is 78.9 Å². The summed E-state index contributed by atoms with van der Waals surface area (Å²) in [4.78, 5) is 28.2. The van der Waals surface area contributed by atoms with Gasteiger partial charge in [-0.1, -0.05) is 78.9 Å². The maximum Gasteiger partial charge on any atom is 0.318 e. The van der Waals surface area contributed by atoms with E-state index in [0.29, 0.717) is 32.4 Å². The second-order valence-electron chi connectivity index (χ2n) is 9.29. The predicted octanol–water partition coefficient (Wildman–Crippen LogP) is 3.90. The van der Waals surface area contributed by atoms with Gasteiger partial charge in [0.05, 0.1) is 6.04 Å². The Morgan fingerprint density at radius 1 is 0.912 bits per heavy atom. The van der Waals surface area contributed by atoms with E-state index in [2.05, 4.69) is 10.2 Å². The minimum atomic E-state index is -1.05. The van der Waals surface area contributed by atoms with Gasteiger partial charge < -0.3 is 10.4 Å². The molecule has 2 aliphatic rings. The summed E-state index contributed by atoms with van der Waals surface area (Å²) in [5, 5.41) is 13.9. The van der Waals surface area contributed by atoms with Crippen molar-refractivity contribution in [3.8, 4) is 11.1 Å². The Morgan fingerprint density at radius 3 is 2.18 bits per heavy atom. The molecule has 1 unspecified atom stereocenters. The van der Waals surface area contributed by atoms with Crippen LogP contribution in [0.4, 0.5) is 0 Å². The number of benzene rings is 3. The Bertz CT molecular complexity index is 1150. The minimum absolute atomic E-state index is 0.183. The number of nitrogens with one attached hydrogen (secondary N) is 1. The van der Waals surface area contributed by atoms with Crippen LogP contribution < -0.4 is 5.32 Å². The van der Waals surface area contributed by atoms with E-state index in [-0.39, 0.29) is 11.8 Å². The van der Waals surface area contributed by atoms with Crippen molar-refractivity contribution in [1.82, 2.24) is 10.2 Å². The molecule has 174 valence electrons. The number of piperazine rings is 1. The number of hydrogen-bond acceptors (Lipinski definition) is 4. The third-order valence-electron chi connectivity index (χ3n) is 7.37. The van der Waals surface area contributed by atoms with E-state index in [1.165, 1.54) is 0 Å². The first-order chi connectivity index (χ1) is 16.6. The number of rotatable bonds is 8. The Hall–Kier alpha value is -3.28. The van der Waals surface area contributed by atoms with Crippen molar-refractivity contribution < 1.29 is 14.7 Å². The number of carboxylic acid groups (broad SMARTS) is 1. The van der Waals surface area contributed by atoms with Crippen molar-refractivity contribution in [3.05, 3.63) is 95.6 Å². The van der Waals surface area contributed by atoms with E-state index in [9.17, 15) is 14.7 Å². The lowest BCUT2D eigenvalue weighted by Crippen LogP contribution is -2.55. The fraction of sp³-hybridized carbons (Fsp3) is 0.310. The molecule has 0 radical (unpaired) electrons. The summed E-state index contributed by atoms with van der Waals surface area (Å²) >= 11 is 0. The standard InChI is InChI=1S/C29H30N2O3/c32-27(19-21-9-2-1-3-10-21)26-20-30-16-18-31(26)17-8-15-29(28(33)34)24-13-6-4-11-22(24)23-12-5-7-14-25(23)29/h1-7,9-14,26,30H,8,15-20H2,(H,33,34). The van der Waals surface area contributed by atoms with E-state index >= 15 is 0 Å². The Balaban J connectivity index is 1.34. The molecule has 1 heterocycles. The van der Waals surface area contributed by atoms with Crippen LogP contribution in [0.5, 0.6) is 0 Å². The van der Waals surface area contributed by atoms with E-state index in [0.717, 1.165) is 40.9 Å². The average molecular weight is 455 g/mol. The van der Waals surface area contributed by atoms with Gasteiger partial charge in [-0.25, -0.2) is 0 Å². The molecule has 0 bridgehead atoms. The SMILES string of the molecule is O=C(Cc1ccccc1)C1CNCCN1CCCC1(C(=O)O)c2ccccc2-c2ccccc21. The van der Waals surface area contributed by atoms with Gasteiger partial charge >= 0.3 is 5.97 Å². The number of carboxylic acids is 1. The molecule has 3 aromatic rings. The van der Waals surface area contributed by atoms with Gasteiger partial charge in [0, 0.05) is 26.1 Å². The summed E-state index contributed by atoms with van der Waals surface area (Å²) < 4.78 is 0. The Kier molecular flexibility index (Phi) is 6.31. The molecule has 5 rings (SSSR count). The maximum absolute atomic E-state index is 13.1. The van der Waals surface area contributed by atoms with Crippen molar-refractivity contribution in [3.63, 3.8) is 0 Å². The summed E-state index contributed by atoms with van der Waals surface area (Å²) in [7, 11) is 0. The summed E-state index contributed by atoms with van der Waals surface area (Å²) in [6.07, 6.45) is 1.62. The maximum atomic E-state index is 13.1. The third kappa shape index (κ3) is 3.95. The first kappa shape index (κ1) is 22.5. The lowest BCUT2D eigenvalue weighted by molar-refractivity contribution is -0.142. The topological polar surface area (TPSA) is 69.6 Å². The highest BCUT2D eigenvalue weighted by Gasteiger charge is 2.48. The van der Waals surface area contributed by atoms with Gasteiger partial charge in [-0.2, -0.15) is 0 Å². The highest BCUT2D eigenvalue weighted by Crippen LogP contribution is 2.51. The predicted molar refractivity (Wildman–Crippen MR) is 133 cm³/mol. The largest absolute Gasteiger partial charge is 0.480 e. The molecule has 3 aromatic carbocycles. The fourth-order valence-electron chi connectivity index (χ4n) is 5.73. The van der Waals surface area contributed by atoms with Crippen molar-refractivity contribution in [2.75, 3.05) is 26.2 Å². The van der Waals surface area contributed by atoms with Crippen LogP contribution in [0.3, 0.4) is 0 Å². The highest BCUT2D eigenvalue weighted by molar-refractivity contribution is 5.97. The number of fused-ring (bicyclic) bond motifs is 3. The molecule has 2 N–H and O–H groups in total. The van der Waals surface area contributed by atoms with Crippen LogP contribution in [0, 0.1) is 0 Å². The Morgan fingerprint density at radius 2 is 1.53 bits per heavy atom. The number of nitrogens with zero attached hydrogens (tertiary/aromatic N) is 1. The summed E-state index contributed by atoms with van der Waals surface area (Å²) in [6, 6.07) is 25.4. The summed E-state index contributed by atoms with van der Waals surface area (Å²) in [5.74, 6) is -0.593. The first-order valence-corrected chi connectivity index (χ1v) is 12.1. The zero-order valence-electron chi connectivity index (χ0n) is 19.2. The molecule has 1 aliphatic heterocycles. The molecule has 1 aliphatic carbocycles. The van der Waals surface area contributed by atoms with Gasteiger partial charge in [-0.3, -0.25) is 14.5 Å². The van der Waals surface area contributed by atoms with Crippen LogP contribution >= 0.6 is 0 Å². The van der Waals surface area contributed by atoms with Crippen LogP contribution in [-0.4, -0.2) is 54.0 Å². The van der Waals surface area contributed by atoms with Crippen molar-refractivity contribution >= 4 is 11.8 Å². The zero-order valence-corrected chi connectivity index (χ0v) is 19.2. The number of hydrogen-bond donors (Lipinski definition) is 2. The molecular weight excluding hydrogens is 424 g/mol. The molecule has 0 aromatic heterocycles. The van der Waals surface area contributed by atoms with E-state index in [1.54, 1.807) is 0 Å². The van der Waals surface area contributed by atoms with Crippen LogP contribution in [0.1, 0.15) is 29.5 Å². The second kappa shape index (κ2) is 9.53. The van der Waals surface area contributed by atoms with Gasteiger partial charge in [0.15, 0.2) is 5.78 Å². The van der Waals surface area contributed by atoms with Gasteiger partial charge in [-0.15, -0.1) is 0 Å². The average Bonchev–Trinajstić information content (AvgIpc) is 3.16. The fourth-order valence-corrected chi connectivity index (χ4v) is 5.73.